The molecule has 108 valence electrons. The molecule has 0 N–H and O–H groups in total. The molecule has 0 saturated carbocycles. The van der Waals surface area contributed by atoms with Crippen molar-refractivity contribution in [2.75, 3.05) is 13.1 Å². The van der Waals surface area contributed by atoms with E-state index in [4.69, 9.17) is 5.26 Å². The number of hydrogen-bond donors (Lipinski definition) is 0. The minimum absolute atomic E-state index is 0.0110. The monoisotopic (exact) mass is 285 g/mol. The van der Waals surface area contributed by atoms with Crippen LogP contribution in [0.4, 0.5) is 13.2 Å². The molecule has 0 aliphatic rings. The molecule has 1 aromatic rings. The van der Waals surface area contributed by atoms with Gasteiger partial charge in [-0.2, -0.15) is 18.4 Å². The number of carbonyl (C=O) groups is 1. The average molecular weight is 285 g/mol. The summed E-state index contributed by atoms with van der Waals surface area (Å²) in [5, 5.41) is 8.51. The van der Waals surface area contributed by atoms with E-state index in [9.17, 15) is 18.0 Å². The van der Waals surface area contributed by atoms with Crippen molar-refractivity contribution in [3.8, 4) is 6.07 Å². The van der Waals surface area contributed by atoms with Gasteiger partial charge >= 0.3 is 6.18 Å². The van der Waals surface area contributed by atoms with Crippen molar-refractivity contribution in [3.05, 3.63) is 29.6 Å². The molecule has 0 atom stereocenters. The molecule has 0 spiro atoms. The number of rotatable bonds is 5. The van der Waals surface area contributed by atoms with Gasteiger partial charge in [-0.15, -0.1) is 0 Å². The number of halogens is 3. The molecule has 1 heterocycles. The van der Waals surface area contributed by atoms with Gasteiger partial charge < -0.3 is 4.90 Å². The van der Waals surface area contributed by atoms with Crippen molar-refractivity contribution in [1.29, 1.82) is 5.26 Å². The number of aromatic nitrogens is 1. The Hall–Kier alpha value is -2.10. The molecule has 0 fully saturated rings. The van der Waals surface area contributed by atoms with Gasteiger partial charge in [0.15, 0.2) is 0 Å². The fraction of sp³-hybridized carbons (Fsp3) is 0.462. The topological polar surface area (TPSA) is 57.0 Å². The number of hydrogen-bond acceptors (Lipinski definition) is 3. The number of carbonyl (C=O) groups excluding carboxylic acids is 1. The fourth-order valence-corrected chi connectivity index (χ4v) is 1.54. The Morgan fingerprint density at radius 1 is 1.40 bits per heavy atom. The Labute approximate surface area is 114 Å². The second-order valence-corrected chi connectivity index (χ2v) is 4.25. The van der Waals surface area contributed by atoms with E-state index in [0.717, 1.165) is 4.90 Å². The zero-order valence-electron chi connectivity index (χ0n) is 10.9. The maximum atomic E-state index is 12.2. The molecule has 20 heavy (non-hydrogen) atoms. The summed E-state index contributed by atoms with van der Waals surface area (Å²) in [6.07, 6.45) is -4.12. The van der Waals surface area contributed by atoms with Crippen molar-refractivity contribution < 1.29 is 18.0 Å². The molecule has 0 radical (unpaired) electrons. The molecule has 1 rings (SSSR count). The van der Waals surface area contributed by atoms with Crippen molar-refractivity contribution in [3.63, 3.8) is 0 Å². The number of amides is 1. The van der Waals surface area contributed by atoms with Gasteiger partial charge in [-0.25, -0.2) is 0 Å². The highest BCUT2D eigenvalue weighted by Crippen LogP contribution is 2.20. The van der Waals surface area contributed by atoms with Gasteiger partial charge in [0.2, 0.25) is 0 Å². The number of alkyl halides is 3. The Morgan fingerprint density at radius 3 is 2.60 bits per heavy atom. The molecular weight excluding hydrogens is 271 g/mol. The summed E-state index contributed by atoms with van der Waals surface area (Å²) in [5.41, 5.74) is 0.927. The maximum Gasteiger partial charge on any atom is 0.390 e. The predicted octanol–water partition coefficient (Wildman–Crippen LogP) is 2.70. The molecule has 0 saturated heterocycles. The van der Waals surface area contributed by atoms with Crippen LogP contribution in [0.25, 0.3) is 0 Å². The Morgan fingerprint density at radius 2 is 2.10 bits per heavy atom. The van der Waals surface area contributed by atoms with Gasteiger partial charge in [0.1, 0.15) is 0 Å². The first-order chi connectivity index (χ1) is 9.33. The first-order valence-corrected chi connectivity index (χ1v) is 5.99. The summed E-state index contributed by atoms with van der Waals surface area (Å²) < 4.78 is 36.7. The minimum Gasteiger partial charge on any atom is -0.337 e. The van der Waals surface area contributed by atoms with E-state index in [0.29, 0.717) is 5.69 Å². The lowest BCUT2D eigenvalue weighted by Gasteiger charge is -2.22. The molecule has 0 aromatic carbocycles. The van der Waals surface area contributed by atoms with Crippen molar-refractivity contribution >= 4 is 5.91 Å². The Kier molecular flexibility index (Phi) is 5.50. The summed E-state index contributed by atoms with van der Waals surface area (Å²) in [4.78, 5) is 17.1. The predicted molar refractivity (Wildman–Crippen MR) is 65.8 cm³/mol. The standard InChI is InChI=1S/C13H14F3N3O/c1-10-3-4-11(9-18-10)12(20)19(7-2-6-17)8-5-13(14,15)16/h3-4,9H,2,5,7-8H2,1H3. The van der Waals surface area contributed by atoms with E-state index in [-0.39, 0.29) is 18.5 Å². The number of aryl methyl sites for hydroxylation is 1. The zero-order valence-corrected chi connectivity index (χ0v) is 10.9. The molecule has 0 aliphatic heterocycles. The van der Waals surface area contributed by atoms with E-state index in [2.05, 4.69) is 4.98 Å². The van der Waals surface area contributed by atoms with Crippen LogP contribution in [0.1, 0.15) is 28.9 Å². The maximum absolute atomic E-state index is 12.2. The highest BCUT2D eigenvalue weighted by atomic mass is 19.4. The first kappa shape index (κ1) is 16.0. The molecule has 0 aliphatic carbocycles. The van der Waals surface area contributed by atoms with Crippen LogP contribution < -0.4 is 0 Å². The van der Waals surface area contributed by atoms with Crippen molar-refractivity contribution in [2.45, 2.75) is 25.9 Å². The molecule has 0 bridgehead atoms. The van der Waals surface area contributed by atoms with Crippen molar-refractivity contribution in [2.24, 2.45) is 0 Å². The quantitative estimate of drug-likeness (QED) is 0.835. The Balaban J connectivity index is 2.78. The fourth-order valence-electron chi connectivity index (χ4n) is 1.54. The van der Waals surface area contributed by atoms with Gasteiger partial charge in [-0.1, -0.05) is 0 Å². The largest absolute Gasteiger partial charge is 0.390 e. The van der Waals surface area contributed by atoms with Crippen LogP contribution in [-0.2, 0) is 0 Å². The molecule has 1 aromatic heterocycles. The lowest BCUT2D eigenvalue weighted by atomic mass is 10.2. The lowest BCUT2D eigenvalue weighted by Crippen LogP contribution is -2.35. The SMILES string of the molecule is Cc1ccc(C(=O)N(CCC#N)CCC(F)(F)F)cn1. The van der Waals surface area contributed by atoms with E-state index in [1.807, 2.05) is 6.07 Å². The van der Waals surface area contributed by atoms with Crippen LogP contribution in [0.5, 0.6) is 0 Å². The summed E-state index contributed by atoms with van der Waals surface area (Å²) >= 11 is 0. The van der Waals surface area contributed by atoms with Crippen LogP contribution in [0, 0.1) is 18.3 Å². The second-order valence-electron chi connectivity index (χ2n) is 4.25. The average Bonchev–Trinajstić information content (AvgIpc) is 2.38. The molecular formula is C13H14F3N3O. The van der Waals surface area contributed by atoms with E-state index >= 15 is 0 Å². The molecule has 4 nitrogen and oxygen atoms in total. The summed E-state index contributed by atoms with van der Waals surface area (Å²) in [6, 6.07) is 4.94. The zero-order chi connectivity index (χ0) is 15.2. The lowest BCUT2D eigenvalue weighted by molar-refractivity contribution is -0.136. The smallest absolute Gasteiger partial charge is 0.337 e. The third-order valence-electron chi connectivity index (χ3n) is 2.60. The highest BCUT2D eigenvalue weighted by Gasteiger charge is 2.29. The van der Waals surface area contributed by atoms with E-state index < -0.39 is 25.0 Å². The van der Waals surface area contributed by atoms with Crippen LogP contribution in [-0.4, -0.2) is 35.1 Å². The van der Waals surface area contributed by atoms with Crippen LogP contribution in [0.15, 0.2) is 18.3 Å². The minimum atomic E-state index is -4.34. The summed E-state index contributed by atoms with van der Waals surface area (Å²) in [7, 11) is 0. The van der Waals surface area contributed by atoms with Gasteiger partial charge in [0.05, 0.1) is 24.5 Å². The summed E-state index contributed by atoms with van der Waals surface area (Å²) in [5.74, 6) is -0.544. The van der Waals surface area contributed by atoms with Crippen LogP contribution >= 0.6 is 0 Å². The van der Waals surface area contributed by atoms with Gasteiger partial charge in [0.25, 0.3) is 5.91 Å². The first-order valence-electron chi connectivity index (χ1n) is 5.99. The summed E-state index contributed by atoms with van der Waals surface area (Å²) in [6.45, 7) is 1.25. The third-order valence-corrected chi connectivity index (χ3v) is 2.60. The normalized spacial score (nSPS) is 10.9. The van der Waals surface area contributed by atoms with Gasteiger partial charge in [-0.05, 0) is 19.1 Å². The van der Waals surface area contributed by atoms with E-state index in [1.165, 1.54) is 12.3 Å². The molecule has 0 unspecified atom stereocenters. The third kappa shape index (κ3) is 5.26. The number of nitrogens with zero attached hydrogens (tertiary/aromatic N) is 3. The Bertz CT molecular complexity index is 491. The van der Waals surface area contributed by atoms with E-state index in [1.54, 1.807) is 13.0 Å². The molecule has 1 amide bonds. The number of pyridine rings is 1. The van der Waals surface area contributed by atoms with Crippen molar-refractivity contribution in [1.82, 2.24) is 9.88 Å². The molecule has 7 heteroatoms. The van der Waals surface area contributed by atoms with Gasteiger partial charge in [0, 0.05) is 25.0 Å². The van der Waals surface area contributed by atoms with Crippen LogP contribution in [0.3, 0.4) is 0 Å². The second kappa shape index (κ2) is 6.89. The highest BCUT2D eigenvalue weighted by molar-refractivity contribution is 5.93. The number of nitriles is 1. The van der Waals surface area contributed by atoms with Crippen LogP contribution in [0.2, 0.25) is 0 Å². The van der Waals surface area contributed by atoms with Gasteiger partial charge in [-0.3, -0.25) is 9.78 Å².